The maximum atomic E-state index is 10.8. The van der Waals surface area contributed by atoms with Crippen LogP contribution >= 0.6 is 11.3 Å². The number of benzene rings is 2. The minimum Gasteiger partial charge on any atom is -0.497 e. The van der Waals surface area contributed by atoms with Gasteiger partial charge in [-0.3, -0.25) is 15.2 Å². The van der Waals surface area contributed by atoms with Gasteiger partial charge in [-0.05, 0) is 54.1 Å². The highest BCUT2D eigenvalue weighted by atomic mass is 32.1. The Labute approximate surface area is 185 Å². The van der Waals surface area contributed by atoms with Gasteiger partial charge in [0.25, 0.3) is 5.69 Å². The second-order valence-electron chi connectivity index (χ2n) is 6.74. The normalized spacial score (nSPS) is 11.4. The van der Waals surface area contributed by atoms with E-state index < -0.39 is 4.92 Å². The van der Waals surface area contributed by atoms with Crippen molar-refractivity contribution in [3.63, 3.8) is 0 Å². The molecule has 5 rings (SSSR count). The first-order valence-corrected chi connectivity index (χ1v) is 10.3. The second kappa shape index (κ2) is 8.04. The van der Waals surface area contributed by atoms with E-state index in [2.05, 4.69) is 25.5 Å². The first-order chi connectivity index (χ1) is 15.6. The zero-order valence-electron chi connectivity index (χ0n) is 16.7. The predicted molar refractivity (Wildman–Crippen MR) is 120 cm³/mol. The Morgan fingerprint density at radius 2 is 1.88 bits per heavy atom. The molecule has 3 heterocycles. The zero-order chi connectivity index (χ0) is 22.1. The summed E-state index contributed by atoms with van der Waals surface area (Å²) in [7, 11) is 1.63. The zero-order valence-corrected chi connectivity index (χ0v) is 17.5. The summed E-state index contributed by atoms with van der Waals surface area (Å²) in [6.07, 6.45) is 3.67. The molecule has 0 atom stereocenters. The first kappa shape index (κ1) is 19.6. The lowest BCUT2D eigenvalue weighted by atomic mass is 10.1. The highest BCUT2D eigenvalue weighted by molar-refractivity contribution is 7.17. The Hall–Kier alpha value is -4.38. The molecule has 0 aliphatic rings. The van der Waals surface area contributed by atoms with E-state index in [0.29, 0.717) is 16.5 Å². The van der Waals surface area contributed by atoms with Gasteiger partial charge in [-0.2, -0.15) is 14.7 Å². The standard InChI is InChI=1S/C21H15N7O3S/c1-31-16-9-5-14(6-10-16)17-12-18(23-22-17)20-24-25-21-27(20)26-19(32-21)11-4-13-2-7-15(8-3-13)28(29)30/h2-12H,1H3,(H,22,23)/b11-4+. The lowest BCUT2D eigenvalue weighted by molar-refractivity contribution is -0.384. The van der Waals surface area contributed by atoms with Gasteiger partial charge in [-0.25, -0.2) is 0 Å². The molecule has 158 valence electrons. The van der Waals surface area contributed by atoms with E-state index >= 15 is 0 Å². The summed E-state index contributed by atoms with van der Waals surface area (Å²) < 4.78 is 6.85. The molecule has 5 aromatic rings. The number of hydrogen-bond donors (Lipinski definition) is 1. The average molecular weight is 445 g/mol. The maximum absolute atomic E-state index is 10.8. The molecule has 0 aliphatic carbocycles. The van der Waals surface area contributed by atoms with E-state index in [-0.39, 0.29) is 5.69 Å². The molecular weight excluding hydrogens is 430 g/mol. The first-order valence-electron chi connectivity index (χ1n) is 9.46. The smallest absolute Gasteiger partial charge is 0.269 e. The third-order valence-electron chi connectivity index (χ3n) is 4.73. The fraction of sp³-hybridized carbons (Fsp3) is 0.0476. The van der Waals surface area contributed by atoms with Crippen LogP contribution in [0.4, 0.5) is 5.69 Å². The third-order valence-corrected chi connectivity index (χ3v) is 5.60. The van der Waals surface area contributed by atoms with Crippen LogP contribution in [0, 0.1) is 10.1 Å². The number of hydrogen-bond acceptors (Lipinski definition) is 8. The van der Waals surface area contributed by atoms with Crippen molar-refractivity contribution >= 4 is 34.1 Å². The van der Waals surface area contributed by atoms with E-state index in [1.165, 1.54) is 23.5 Å². The highest BCUT2D eigenvalue weighted by Crippen LogP contribution is 2.26. The number of H-pyrrole nitrogens is 1. The number of aromatic amines is 1. The molecule has 32 heavy (non-hydrogen) atoms. The molecule has 0 saturated carbocycles. The lowest BCUT2D eigenvalue weighted by Gasteiger charge is -1.99. The Balaban J connectivity index is 1.39. The average Bonchev–Trinajstić information content (AvgIpc) is 3.54. The van der Waals surface area contributed by atoms with Crippen molar-refractivity contribution in [3.05, 3.63) is 75.3 Å². The van der Waals surface area contributed by atoms with Crippen LogP contribution in [0.3, 0.4) is 0 Å². The Morgan fingerprint density at radius 3 is 2.59 bits per heavy atom. The molecule has 0 spiro atoms. The fourth-order valence-corrected chi connectivity index (χ4v) is 3.83. The molecule has 0 saturated heterocycles. The van der Waals surface area contributed by atoms with Crippen molar-refractivity contribution in [2.24, 2.45) is 0 Å². The second-order valence-corrected chi connectivity index (χ2v) is 7.72. The van der Waals surface area contributed by atoms with E-state index in [1.807, 2.05) is 42.5 Å². The van der Waals surface area contributed by atoms with Gasteiger partial charge in [-0.15, -0.1) is 10.2 Å². The number of ether oxygens (including phenoxy) is 1. The van der Waals surface area contributed by atoms with Crippen molar-refractivity contribution in [1.29, 1.82) is 0 Å². The van der Waals surface area contributed by atoms with Crippen LogP contribution < -0.4 is 4.74 Å². The summed E-state index contributed by atoms with van der Waals surface area (Å²) in [5.74, 6) is 1.33. The number of nitro groups is 1. The van der Waals surface area contributed by atoms with Crippen molar-refractivity contribution in [1.82, 2.24) is 30.0 Å². The van der Waals surface area contributed by atoms with Crippen molar-refractivity contribution in [2.45, 2.75) is 0 Å². The van der Waals surface area contributed by atoms with Gasteiger partial charge in [0.1, 0.15) is 16.5 Å². The molecule has 0 aliphatic heterocycles. The summed E-state index contributed by atoms with van der Waals surface area (Å²) in [5, 5.41) is 31.9. The molecule has 0 fully saturated rings. The van der Waals surface area contributed by atoms with Crippen LogP contribution in [-0.4, -0.2) is 42.0 Å². The van der Waals surface area contributed by atoms with E-state index in [9.17, 15) is 10.1 Å². The van der Waals surface area contributed by atoms with Crippen molar-refractivity contribution in [2.75, 3.05) is 7.11 Å². The highest BCUT2D eigenvalue weighted by Gasteiger charge is 2.15. The van der Waals surface area contributed by atoms with Gasteiger partial charge in [0.05, 0.1) is 17.7 Å². The maximum Gasteiger partial charge on any atom is 0.269 e. The number of nitrogens with one attached hydrogen (secondary N) is 1. The Morgan fingerprint density at radius 1 is 1.09 bits per heavy atom. The summed E-state index contributed by atoms with van der Waals surface area (Å²) in [4.78, 5) is 11.0. The Kier molecular flexibility index (Phi) is 4.92. The summed E-state index contributed by atoms with van der Waals surface area (Å²) >= 11 is 1.38. The van der Waals surface area contributed by atoms with E-state index in [0.717, 1.165) is 27.6 Å². The van der Waals surface area contributed by atoms with Crippen molar-refractivity contribution < 1.29 is 9.66 Å². The number of nitrogens with zero attached hydrogens (tertiary/aromatic N) is 6. The number of fused-ring (bicyclic) bond motifs is 1. The minimum absolute atomic E-state index is 0.0548. The van der Waals surface area contributed by atoms with E-state index in [4.69, 9.17) is 4.74 Å². The molecule has 3 aromatic heterocycles. The van der Waals surface area contributed by atoms with Gasteiger partial charge < -0.3 is 4.74 Å². The van der Waals surface area contributed by atoms with Crippen molar-refractivity contribution in [3.8, 4) is 28.5 Å². The van der Waals surface area contributed by atoms with Crippen LogP contribution in [0.25, 0.3) is 39.9 Å². The largest absolute Gasteiger partial charge is 0.497 e. The molecular formula is C21H15N7O3S. The molecule has 1 N–H and O–H groups in total. The Bertz CT molecular complexity index is 1430. The third kappa shape index (κ3) is 3.72. The molecule has 10 nitrogen and oxygen atoms in total. The summed E-state index contributed by atoms with van der Waals surface area (Å²) in [6.45, 7) is 0. The molecule has 11 heteroatoms. The number of nitro benzene ring substituents is 1. The molecule has 2 aromatic carbocycles. The van der Waals surface area contributed by atoms with Gasteiger partial charge in [0, 0.05) is 17.7 Å². The van der Waals surface area contributed by atoms with Gasteiger partial charge >= 0.3 is 0 Å². The van der Waals surface area contributed by atoms with Crippen LogP contribution in [0.1, 0.15) is 10.6 Å². The van der Waals surface area contributed by atoms with Gasteiger partial charge in [0.2, 0.25) is 10.8 Å². The van der Waals surface area contributed by atoms with E-state index in [1.54, 1.807) is 23.8 Å². The summed E-state index contributed by atoms with van der Waals surface area (Å²) in [6, 6.07) is 15.8. The topological polar surface area (TPSA) is 124 Å². The number of aromatic nitrogens is 6. The molecule has 0 bridgehead atoms. The number of rotatable bonds is 6. The van der Waals surface area contributed by atoms with Gasteiger partial charge in [-0.1, -0.05) is 17.4 Å². The molecule has 0 amide bonds. The number of non-ortho nitro benzene ring substituents is 1. The van der Waals surface area contributed by atoms with Crippen LogP contribution in [0.5, 0.6) is 5.75 Å². The summed E-state index contributed by atoms with van der Waals surface area (Å²) in [5.41, 5.74) is 3.30. The SMILES string of the molecule is COc1ccc(-c2cc(-c3nnc4sc(/C=C/c5ccc([N+](=O)[O-])cc5)nn34)[nH]n2)cc1. The van der Waals surface area contributed by atoms with Crippen LogP contribution in [-0.2, 0) is 0 Å². The molecule has 0 radical (unpaired) electrons. The lowest BCUT2D eigenvalue weighted by Crippen LogP contribution is -1.91. The van der Waals surface area contributed by atoms with Gasteiger partial charge in [0.15, 0.2) is 0 Å². The minimum atomic E-state index is -0.423. The predicted octanol–water partition coefficient (Wildman–Crippen LogP) is 4.33. The quantitative estimate of drug-likeness (QED) is 0.305. The van der Waals surface area contributed by atoms with Crippen LogP contribution in [0.15, 0.2) is 54.6 Å². The fourth-order valence-electron chi connectivity index (χ4n) is 3.09. The monoisotopic (exact) mass is 445 g/mol. The molecule has 0 unspecified atom stereocenters. The van der Waals surface area contributed by atoms with Crippen LogP contribution in [0.2, 0.25) is 0 Å². The number of methoxy groups -OCH3 is 1.